The van der Waals surface area contributed by atoms with Crippen LogP contribution >= 0.6 is 0 Å². The van der Waals surface area contributed by atoms with Gasteiger partial charge in [0.2, 0.25) is 0 Å². The first kappa shape index (κ1) is 14.9. The third-order valence-corrected chi connectivity index (χ3v) is 3.80. The number of benzene rings is 1. The summed E-state index contributed by atoms with van der Waals surface area (Å²) in [5.41, 5.74) is 3.78. The molecular weight excluding hydrogens is 252 g/mol. The van der Waals surface area contributed by atoms with E-state index in [1.54, 1.807) is 4.90 Å². The number of carbonyl (C=O) groups is 1. The molecule has 1 unspecified atom stereocenters. The second-order valence-corrected chi connectivity index (χ2v) is 5.76. The molecule has 2 N–H and O–H groups in total. The lowest BCUT2D eigenvalue weighted by molar-refractivity contribution is 0.198. The van der Waals surface area contributed by atoms with Gasteiger partial charge in [-0.25, -0.2) is 4.79 Å². The summed E-state index contributed by atoms with van der Waals surface area (Å²) in [5, 5.41) is 12.0. The molecule has 0 aromatic heterocycles. The molecule has 1 aliphatic heterocycles. The highest BCUT2D eigenvalue weighted by Gasteiger charge is 2.25. The minimum absolute atomic E-state index is 0.00896. The van der Waals surface area contributed by atoms with Gasteiger partial charge in [-0.15, -0.1) is 0 Å². The zero-order valence-corrected chi connectivity index (χ0v) is 12.4. The Kier molecular flexibility index (Phi) is 5.01. The predicted octanol–water partition coefficient (Wildman–Crippen LogP) is 1.87. The summed E-state index contributed by atoms with van der Waals surface area (Å²) in [6.45, 7) is 6.43. The Hall–Kier alpha value is -1.55. The maximum Gasteiger partial charge on any atom is 0.317 e. The molecule has 1 fully saturated rings. The summed E-state index contributed by atoms with van der Waals surface area (Å²) in [5.74, 6) is 0.250. The summed E-state index contributed by atoms with van der Waals surface area (Å²) >= 11 is 0. The average Bonchev–Trinajstić information content (AvgIpc) is 2.86. The molecule has 110 valence electrons. The van der Waals surface area contributed by atoms with Gasteiger partial charge in [-0.3, -0.25) is 0 Å². The molecule has 0 radical (unpaired) electrons. The van der Waals surface area contributed by atoms with Crippen molar-refractivity contribution in [2.24, 2.45) is 5.92 Å². The van der Waals surface area contributed by atoms with Crippen LogP contribution in [0.3, 0.4) is 0 Å². The number of urea groups is 1. The van der Waals surface area contributed by atoms with Crippen LogP contribution in [0, 0.1) is 19.8 Å². The number of carbonyl (C=O) groups excluding carboxylic acids is 1. The zero-order chi connectivity index (χ0) is 14.5. The molecule has 0 saturated carbocycles. The van der Waals surface area contributed by atoms with Crippen LogP contribution in [-0.4, -0.2) is 42.3 Å². The molecular formula is C16H24N2O2. The third-order valence-electron chi connectivity index (χ3n) is 3.80. The lowest BCUT2D eigenvalue weighted by Crippen LogP contribution is -2.39. The molecule has 0 bridgehead atoms. The second-order valence-electron chi connectivity index (χ2n) is 5.76. The first-order valence-corrected chi connectivity index (χ1v) is 7.29. The molecule has 20 heavy (non-hydrogen) atoms. The first-order valence-electron chi connectivity index (χ1n) is 7.29. The SMILES string of the molecule is Cc1cc(C)cc(CCNC(=O)N2CCC(CO)C2)c1. The van der Waals surface area contributed by atoms with Gasteiger partial charge in [-0.05, 0) is 32.3 Å². The summed E-state index contributed by atoms with van der Waals surface area (Å²) in [7, 11) is 0. The van der Waals surface area contributed by atoms with Gasteiger partial charge >= 0.3 is 6.03 Å². The Bertz CT molecular complexity index is 453. The lowest BCUT2D eigenvalue weighted by atomic mass is 10.1. The standard InChI is InChI=1S/C16H24N2O2/c1-12-7-13(2)9-14(8-12)3-5-17-16(20)18-6-4-15(10-18)11-19/h7-9,15,19H,3-6,10-11H2,1-2H3,(H,17,20). The second kappa shape index (κ2) is 6.75. The third kappa shape index (κ3) is 3.97. The van der Waals surface area contributed by atoms with Crippen molar-refractivity contribution < 1.29 is 9.90 Å². The quantitative estimate of drug-likeness (QED) is 0.882. The van der Waals surface area contributed by atoms with E-state index in [1.807, 2.05) is 0 Å². The van der Waals surface area contributed by atoms with Gasteiger partial charge in [0.1, 0.15) is 0 Å². The average molecular weight is 276 g/mol. The van der Waals surface area contributed by atoms with E-state index in [2.05, 4.69) is 37.4 Å². The van der Waals surface area contributed by atoms with Gasteiger partial charge in [0.25, 0.3) is 0 Å². The van der Waals surface area contributed by atoms with Crippen LogP contribution in [0.15, 0.2) is 18.2 Å². The van der Waals surface area contributed by atoms with Crippen LogP contribution in [0.1, 0.15) is 23.1 Å². The number of aliphatic hydroxyl groups excluding tert-OH is 1. The Labute approximate surface area is 120 Å². The van der Waals surface area contributed by atoms with Gasteiger partial charge in [-0.2, -0.15) is 0 Å². The van der Waals surface area contributed by atoms with Crippen molar-refractivity contribution in [1.82, 2.24) is 10.2 Å². The highest BCUT2D eigenvalue weighted by molar-refractivity contribution is 5.74. The normalized spacial score (nSPS) is 18.4. The molecule has 2 amide bonds. The molecule has 1 atom stereocenters. The number of aryl methyl sites for hydroxylation is 2. The number of nitrogens with zero attached hydrogens (tertiary/aromatic N) is 1. The minimum Gasteiger partial charge on any atom is -0.396 e. The highest BCUT2D eigenvalue weighted by atomic mass is 16.3. The number of rotatable bonds is 4. The maximum absolute atomic E-state index is 12.0. The van der Waals surface area contributed by atoms with Crippen LogP contribution < -0.4 is 5.32 Å². The summed E-state index contributed by atoms with van der Waals surface area (Å²) < 4.78 is 0. The van der Waals surface area contributed by atoms with Crippen molar-refractivity contribution in [3.05, 3.63) is 34.9 Å². The van der Waals surface area contributed by atoms with Gasteiger partial charge < -0.3 is 15.3 Å². The summed E-state index contributed by atoms with van der Waals surface area (Å²) in [4.78, 5) is 13.8. The van der Waals surface area contributed by atoms with Gasteiger partial charge in [0, 0.05) is 32.2 Å². The largest absolute Gasteiger partial charge is 0.396 e. The molecule has 1 saturated heterocycles. The van der Waals surface area contributed by atoms with Crippen molar-refractivity contribution in [3.63, 3.8) is 0 Å². The number of nitrogens with one attached hydrogen (secondary N) is 1. The smallest absolute Gasteiger partial charge is 0.317 e. The topological polar surface area (TPSA) is 52.6 Å². The maximum atomic E-state index is 12.0. The van der Waals surface area contributed by atoms with Crippen molar-refractivity contribution in [2.45, 2.75) is 26.7 Å². The zero-order valence-electron chi connectivity index (χ0n) is 12.4. The number of hydrogen-bond donors (Lipinski definition) is 2. The molecule has 1 aromatic rings. The van der Waals surface area contributed by atoms with Gasteiger partial charge in [0.05, 0.1) is 0 Å². The molecule has 1 aliphatic rings. The molecule has 4 heteroatoms. The minimum atomic E-state index is -0.00896. The Morgan fingerprint density at radius 3 is 2.65 bits per heavy atom. The fraction of sp³-hybridized carbons (Fsp3) is 0.562. The van der Waals surface area contributed by atoms with E-state index in [1.165, 1.54) is 16.7 Å². The van der Waals surface area contributed by atoms with Crippen molar-refractivity contribution >= 4 is 6.03 Å². The van der Waals surface area contributed by atoms with Crippen LogP contribution in [0.4, 0.5) is 4.79 Å². The number of amides is 2. The number of aliphatic hydroxyl groups is 1. The summed E-state index contributed by atoms with van der Waals surface area (Å²) in [6.07, 6.45) is 1.76. The molecule has 4 nitrogen and oxygen atoms in total. The van der Waals surface area contributed by atoms with Gasteiger partial charge in [0.15, 0.2) is 0 Å². The molecule has 1 aromatic carbocycles. The number of hydrogen-bond acceptors (Lipinski definition) is 2. The molecule has 0 spiro atoms. The van der Waals surface area contributed by atoms with Crippen molar-refractivity contribution in [3.8, 4) is 0 Å². The fourth-order valence-electron chi connectivity index (χ4n) is 2.81. The van der Waals surface area contributed by atoms with Crippen LogP contribution in [0.5, 0.6) is 0 Å². The molecule has 1 heterocycles. The van der Waals surface area contributed by atoms with Crippen LogP contribution in [0.25, 0.3) is 0 Å². The van der Waals surface area contributed by atoms with Crippen LogP contribution in [-0.2, 0) is 6.42 Å². The first-order chi connectivity index (χ1) is 9.58. The van der Waals surface area contributed by atoms with E-state index in [-0.39, 0.29) is 18.6 Å². The Morgan fingerprint density at radius 1 is 1.35 bits per heavy atom. The van der Waals surface area contributed by atoms with E-state index in [9.17, 15) is 4.79 Å². The lowest BCUT2D eigenvalue weighted by Gasteiger charge is -2.17. The van der Waals surface area contributed by atoms with Gasteiger partial charge in [-0.1, -0.05) is 29.3 Å². The Balaban J connectivity index is 1.77. The molecule has 2 rings (SSSR count). The molecule has 0 aliphatic carbocycles. The number of likely N-dealkylation sites (tertiary alicyclic amines) is 1. The van der Waals surface area contributed by atoms with E-state index in [0.29, 0.717) is 13.1 Å². The summed E-state index contributed by atoms with van der Waals surface area (Å²) in [6, 6.07) is 6.47. The highest BCUT2D eigenvalue weighted by Crippen LogP contribution is 2.15. The van der Waals surface area contributed by atoms with E-state index < -0.39 is 0 Å². The van der Waals surface area contributed by atoms with E-state index in [4.69, 9.17) is 5.11 Å². The van der Waals surface area contributed by atoms with Crippen LogP contribution in [0.2, 0.25) is 0 Å². The monoisotopic (exact) mass is 276 g/mol. The van der Waals surface area contributed by atoms with E-state index in [0.717, 1.165) is 19.4 Å². The fourth-order valence-corrected chi connectivity index (χ4v) is 2.81. The van der Waals surface area contributed by atoms with E-state index >= 15 is 0 Å². The van der Waals surface area contributed by atoms with Crippen molar-refractivity contribution in [1.29, 1.82) is 0 Å². The Morgan fingerprint density at radius 2 is 2.05 bits per heavy atom. The van der Waals surface area contributed by atoms with Crippen molar-refractivity contribution in [2.75, 3.05) is 26.2 Å². The predicted molar refractivity (Wildman–Crippen MR) is 79.8 cm³/mol.